The molecule has 5 amide bonds. The summed E-state index contributed by atoms with van der Waals surface area (Å²) in [5.41, 5.74) is 2.31. The van der Waals surface area contributed by atoms with Crippen molar-refractivity contribution in [3.05, 3.63) is 102 Å². The SMILES string of the molecule is CCCC(NC(=O)[C@@H]1C[C@@H](OCc2ccccc2)CN1C(=O)[C@@H](NC(=O)OCC(C)C)C1CCCCC1)C(=O)C(=O)NCC(=O)NC(c1ccccc1)c1ccccn1. The molecule has 1 aromatic heterocycles. The van der Waals surface area contributed by atoms with E-state index in [0.717, 1.165) is 43.2 Å². The first kappa shape index (κ1) is 44.5. The minimum Gasteiger partial charge on any atom is -0.449 e. The van der Waals surface area contributed by atoms with Crippen LogP contribution in [0.15, 0.2) is 85.1 Å². The number of nitrogens with zero attached hydrogens (tertiary/aromatic N) is 2. The number of nitrogens with one attached hydrogen (secondary N) is 4. The number of pyridine rings is 1. The minimum absolute atomic E-state index is 0.0835. The van der Waals surface area contributed by atoms with Crippen molar-refractivity contribution in [1.29, 1.82) is 0 Å². The summed E-state index contributed by atoms with van der Waals surface area (Å²) in [4.78, 5) is 87.6. The highest BCUT2D eigenvalue weighted by Gasteiger charge is 2.45. The number of Topliss-reactive ketones (excluding diaryl/α,β-unsaturated/α-hetero) is 1. The first-order valence-corrected chi connectivity index (χ1v) is 20.8. The number of hydrogen-bond donors (Lipinski definition) is 4. The largest absolute Gasteiger partial charge is 0.449 e. The van der Waals surface area contributed by atoms with Gasteiger partial charge >= 0.3 is 6.09 Å². The zero-order valence-electron chi connectivity index (χ0n) is 34.3. The summed E-state index contributed by atoms with van der Waals surface area (Å²) < 4.78 is 11.7. The molecule has 5 rings (SSSR count). The van der Waals surface area contributed by atoms with Crippen LogP contribution in [-0.4, -0.2) is 89.3 Å². The molecular formula is C45H58N6O8. The molecule has 14 heteroatoms. The third kappa shape index (κ3) is 13.2. The molecule has 1 aliphatic heterocycles. The Kier molecular flexibility index (Phi) is 17.0. The van der Waals surface area contributed by atoms with Crippen molar-refractivity contribution in [2.45, 2.75) is 109 Å². The monoisotopic (exact) mass is 810 g/mol. The summed E-state index contributed by atoms with van der Waals surface area (Å²) >= 11 is 0. The van der Waals surface area contributed by atoms with Gasteiger partial charge in [-0.3, -0.25) is 29.0 Å². The topological polar surface area (TPSA) is 185 Å². The minimum atomic E-state index is -1.22. The number of hydrogen-bond acceptors (Lipinski definition) is 9. The normalized spacial score (nSPS) is 18.3. The van der Waals surface area contributed by atoms with E-state index in [1.54, 1.807) is 18.3 Å². The summed E-state index contributed by atoms with van der Waals surface area (Å²) in [6.45, 7) is 5.69. The molecule has 4 N–H and O–H groups in total. The van der Waals surface area contributed by atoms with E-state index in [4.69, 9.17) is 9.47 Å². The lowest BCUT2D eigenvalue weighted by Crippen LogP contribution is -2.58. The van der Waals surface area contributed by atoms with Gasteiger partial charge in [0.05, 0.1) is 43.6 Å². The molecular weight excluding hydrogens is 753 g/mol. The number of likely N-dealkylation sites (tertiary alicyclic amines) is 1. The van der Waals surface area contributed by atoms with Gasteiger partial charge in [-0.1, -0.05) is 113 Å². The predicted octanol–water partition coefficient (Wildman–Crippen LogP) is 4.77. The highest BCUT2D eigenvalue weighted by Crippen LogP contribution is 2.30. The molecule has 59 heavy (non-hydrogen) atoms. The number of carbonyl (C=O) groups is 6. The first-order valence-electron chi connectivity index (χ1n) is 20.8. The van der Waals surface area contributed by atoms with E-state index in [0.29, 0.717) is 12.1 Å². The summed E-state index contributed by atoms with van der Waals surface area (Å²) in [5.74, 6) is -3.59. The Labute approximate surface area is 346 Å². The highest BCUT2D eigenvalue weighted by atomic mass is 16.5. The summed E-state index contributed by atoms with van der Waals surface area (Å²) in [7, 11) is 0. The molecule has 2 aromatic carbocycles. The van der Waals surface area contributed by atoms with Crippen molar-refractivity contribution < 1.29 is 38.2 Å². The molecule has 14 nitrogen and oxygen atoms in total. The Morgan fingerprint density at radius 3 is 2.20 bits per heavy atom. The van der Waals surface area contributed by atoms with Crippen LogP contribution in [0.25, 0.3) is 0 Å². The van der Waals surface area contributed by atoms with Gasteiger partial charge in [0.25, 0.3) is 5.91 Å². The van der Waals surface area contributed by atoms with Gasteiger partial charge in [-0.05, 0) is 54.4 Å². The molecule has 0 radical (unpaired) electrons. The van der Waals surface area contributed by atoms with Gasteiger partial charge in [-0.2, -0.15) is 0 Å². The van der Waals surface area contributed by atoms with Gasteiger partial charge < -0.3 is 35.6 Å². The fourth-order valence-electron chi connectivity index (χ4n) is 7.60. The number of amides is 5. The second-order valence-corrected chi connectivity index (χ2v) is 15.7. The van der Waals surface area contributed by atoms with Gasteiger partial charge in [0.15, 0.2) is 0 Å². The van der Waals surface area contributed by atoms with Crippen LogP contribution in [0.4, 0.5) is 4.79 Å². The number of carbonyl (C=O) groups excluding carboxylic acids is 6. The van der Waals surface area contributed by atoms with E-state index in [-0.39, 0.29) is 44.4 Å². The van der Waals surface area contributed by atoms with Gasteiger partial charge in [-0.25, -0.2) is 4.79 Å². The Balaban J connectivity index is 1.28. The third-order valence-corrected chi connectivity index (χ3v) is 10.7. The maximum Gasteiger partial charge on any atom is 0.407 e. The molecule has 2 aliphatic rings. The Morgan fingerprint density at radius 2 is 1.54 bits per heavy atom. The standard InChI is InChI=1S/C45H58N6O8/c1-4-16-36(41(53)43(55)47-26-38(52)49-39(32-19-10-6-11-20-32)35-23-14-15-24-46-35)48-42(54)37-25-34(58-29-31-17-8-5-9-18-31)27-51(37)44(56)40(33-21-12-7-13-22-33)50-45(57)59-28-30(2)3/h5-6,8-11,14-15,17-20,23-24,30,33-34,36-37,39-40H,4,7,12-13,16,21-22,25-29H2,1-3H3,(H,47,55)(H,48,54)(H,49,52)(H,50,57)/t34-,36?,37+,39?,40+/m1/s1. The molecule has 1 aliphatic carbocycles. The lowest BCUT2D eigenvalue weighted by Gasteiger charge is -2.34. The average molecular weight is 811 g/mol. The zero-order chi connectivity index (χ0) is 42.1. The zero-order valence-corrected chi connectivity index (χ0v) is 34.3. The second-order valence-electron chi connectivity index (χ2n) is 15.7. The van der Waals surface area contributed by atoms with Crippen LogP contribution in [0.2, 0.25) is 0 Å². The molecule has 2 fully saturated rings. The van der Waals surface area contributed by atoms with Gasteiger partial charge in [0.1, 0.15) is 12.1 Å². The molecule has 2 heterocycles. The molecule has 2 unspecified atom stereocenters. The highest BCUT2D eigenvalue weighted by molar-refractivity contribution is 6.38. The van der Waals surface area contributed by atoms with Crippen LogP contribution in [0.3, 0.4) is 0 Å². The van der Waals surface area contributed by atoms with Crippen molar-refractivity contribution in [1.82, 2.24) is 31.2 Å². The number of rotatable bonds is 19. The van der Waals surface area contributed by atoms with Crippen LogP contribution >= 0.6 is 0 Å². The van der Waals surface area contributed by atoms with E-state index in [1.165, 1.54) is 4.90 Å². The van der Waals surface area contributed by atoms with Crippen molar-refractivity contribution in [2.24, 2.45) is 11.8 Å². The summed E-state index contributed by atoms with van der Waals surface area (Å²) in [6.07, 6.45) is 5.45. The van der Waals surface area contributed by atoms with E-state index >= 15 is 0 Å². The summed E-state index contributed by atoms with van der Waals surface area (Å²) in [5, 5.41) is 10.9. The van der Waals surface area contributed by atoms with Crippen LogP contribution < -0.4 is 21.3 Å². The second kappa shape index (κ2) is 22.5. The van der Waals surface area contributed by atoms with E-state index in [9.17, 15) is 28.8 Å². The van der Waals surface area contributed by atoms with Gasteiger partial charge in [0, 0.05) is 19.2 Å². The maximum absolute atomic E-state index is 14.6. The Hall–Kier alpha value is -5.63. The van der Waals surface area contributed by atoms with Crippen molar-refractivity contribution in [3.8, 4) is 0 Å². The molecule has 0 bridgehead atoms. The summed E-state index contributed by atoms with van der Waals surface area (Å²) in [6, 6.07) is 20.4. The average Bonchev–Trinajstić information content (AvgIpc) is 3.70. The van der Waals surface area contributed by atoms with Crippen molar-refractivity contribution in [2.75, 3.05) is 19.7 Å². The van der Waals surface area contributed by atoms with Crippen LogP contribution in [-0.2, 0) is 40.1 Å². The number of ether oxygens (including phenoxy) is 2. The molecule has 1 saturated carbocycles. The van der Waals surface area contributed by atoms with Crippen LogP contribution in [0, 0.1) is 11.8 Å². The number of alkyl carbamates (subject to hydrolysis) is 1. The Bertz CT molecular complexity index is 1800. The molecule has 5 atom stereocenters. The molecule has 3 aromatic rings. The molecule has 1 saturated heterocycles. The van der Waals surface area contributed by atoms with E-state index in [2.05, 4.69) is 26.3 Å². The number of ketones is 1. The van der Waals surface area contributed by atoms with Crippen molar-refractivity contribution >= 4 is 35.5 Å². The number of aromatic nitrogens is 1. The molecule has 0 spiro atoms. The Morgan fingerprint density at radius 1 is 0.847 bits per heavy atom. The third-order valence-electron chi connectivity index (χ3n) is 10.7. The lowest BCUT2D eigenvalue weighted by atomic mass is 9.83. The van der Waals surface area contributed by atoms with Crippen LogP contribution in [0.1, 0.15) is 95.0 Å². The quantitative estimate of drug-likeness (QED) is 0.124. The smallest absolute Gasteiger partial charge is 0.407 e. The fraction of sp³-hybridized carbons (Fsp3) is 0.489. The predicted molar refractivity (Wildman–Crippen MR) is 220 cm³/mol. The van der Waals surface area contributed by atoms with Crippen molar-refractivity contribution in [3.63, 3.8) is 0 Å². The van der Waals surface area contributed by atoms with Gasteiger partial charge in [0.2, 0.25) is 23.5 Å². The lowest BCUT2D eigenvalue weighted by molar-refractivity contribution is -0.143. The van der Waals surface area contributed by atoms with Crippen LogP contribution in [0.5, 0.6) is 0 Å². The number of benzene rings is 2. The van der Waals surface area contributed by atoms with Gasteiger partial charge in [-0.15, -0.1) is 0 Å². The maximum atomic E-state index is 14.6. The molecule has 316 valence electrons. The van der Waals surface area contributed by atoms with E-state index in [1.807, 2.05) is 87.5 Å². The van der Waals surface area contributed by atoms with E-state index < -0.39 is 72.3 Å². The first-order chi connectivity index (χ1) is 28.5. The fourth-order valence-corrected chi connectivity index (χ4v) is 7.60.